The lowest BCUT2D eigenvalue weighted by Gasteiger charge is -2.23. The van der Waals surface area contributed by atoms with E-state index < -0.39 is 0 Å². The maximum atomic E-state index is 5.88. The molecular weight excluding hydrogens is 330 g/mol. The molecule has 0 amide bonds. The van der Waals surface area contributed by atoms with Gasteiger partial charge in [-0.15, -0.1) is 0 Å². The van der Waals surface area contributed by atoms with E-state index in [9.17, 15) is 0 Å². The zero-order valence-corrected chi connectivity index (χ0v) is 13.7. The molecule has 2 aliphatic heterocycles. The third-order valence-corrected chi connectivity index (χ3v) is 5.13. The van der Waals surface area contributed by atoms with E-state index in [0.29, 0.717) is 0 Å². The smallest absolute Gasteiger partial charge is 0.150 e. The van der Waals surface area contributed by atoms with Crippen molar-refractivity contribution in [1.29, 1.82) is 0 Å². The summed E-state index contributed by atoms with van der Waals surface area (Å²) in [6.45, 7) is 3.18. The minimum Gasteiger partial charge on any atom is -0.372 e. The summed E-state index contributed by atoms with van der Waals surface area (Å²) < 4.78 is 8.86. The minimum atomic E-state index is 0.0881. The highest BCUT2D eigenvalue weighted by Gasteiger charge is 2.21. The fourth-order valence-electron chi connectivity index (χ4n) is 3.40. The van der Waals surface area contributed by atoms with Gasteiger partial charge in [0.25, 0.3) is 0 Å². The summed E-state index contributed by atoms with van der Waals surface area (Å²) in [5.41, 5.74) is 2.47. The number of nitrogens with zero attached hydrogens (tertiary/aromatic N) is 3. The van der Waals surface area contributed by atoms with Crippen LogP contribution in [0.1, 0.15) is 38.3 Å². The molecule has 1 atom stereocenters. The fraction of sp³-hybridized carbons (Fsp3) is 0.562. The van der Waals surface area contributed by atoms with Crippen molar-refractivity contribution in [1.82, 2.24) is 9.78 Å². The second-order valence-electron chi connectivity index (χ2n) is 5.95. The van der Waals surface area contributed by atoms with Gasteiger partial charge >= 0.3 is 0 Å². The molecular formula is C16H20BrN3O. The van der Waals surface area contributed by atoms with Crippen molar-refractivity contribution in [3.8, 4) is 0 Å². The molecule has 3 heterocycles. The van der Waals surface area contributed by atoms with Gasteiger partial charge in [0.15, 0.2) is 6.23 Å². The summed E-state index contributed by atoms with van der Waals surface area (Å²) in [6.07, 6.45) is 6.12. The average molecular weight is 350 g/mol. The predicted molar refractivity (Wildman–Crippen MR) is 87.7 cm³/mol. The normalized spacial score (nSPS) is 23.1. The van der Waals surface area contributed by atoms with E-state index in [0.717, 1.165) is 29.6 Å². The Kier molecular flexibility index (Phi) is 3.63. The number of hydrogen-bond donors (Lipinski definition) is 0. The van der Waals surface area contributed by atoms with Crippen LogP contribution in [0.4, 0.5) is 5.69 Å². The lowest BCUT2D eigenvalue weighted by molar-refractivity contribution is -0.0368. The van der Waals surface area contributed by atoms with Gasteiger partial charge in [0.05, 0.1) is 5.52 Å². The van der Waals surface area contributed by atoms with Crippen LogP contribution in [0.25, 0.3) is 10.9 Å². The highest BCUT2D eigenvalue weighted by molar-refractivity contribution is 9.10. The number of ether oxygens (including phenoxy) is 1. The maximum absolute atomic E-state index is 5.88. The van der Waals surface area contributed by atoms with Crippen molar-refractivity contribution in [2.75, 3.05) is 24.6 Å². The first-order chi connectivity index (χ1) is 10.3. The van der Waals surface area contributed by atoms with E-state index in [4.69, 9.17) is 4.74 Å². The first kappa shape index (κ1) is 13.6. The predicted octanol–water partition coefficient (Wildman–Crippen LogP) is 4.10. The number of aromatic nitrogens is 2. The number of benzene rings is 1. The molecule has 2 saturated heterocycles. The molecule has 2 aliphatic rings. The van der Waals surface area contributed by atoms with E-state index in [1.54, 1.807) is 0 Å². The van der Waals surface area contributed by atoms with Crippen LogP contribution in [0.15, 0.2) is 22.8 Å². The van der Waals surface area contributed by atoms with Gasteiger partial charge in [0, 0.05) is 30.8 Å². The summed E-state index contributed by atoms with van der Waals surface area (Å²) in [7, 11) is 0. The standard InChI is InChI=1S/C16H20BrN3O/c17-16-13-11-12(19-8-2-3-9-19)6-7-14(13)20(18-16)15-5-1-4-10-21-15/h6-7,11,15H,1-5,8-10H2. The molecule has 4 nitrogen and oxygen atoms in total. The molecule has 0 bridgehead atoms. The Morgan fingerprint density at radius 3 is 2.76 bits per heavy atom. The molecule has 0 radical (unpaired) electrons. The van der Waals surface area contributed by atoms with Crippen LogP contribution < -0.4 is 4.90 Å². The first-order valence-electron chi connectivity index (χ1n) is 7.87. The average Bonchev–Trinajstić information content (AvgIpc) is 3.17. The number of rotatable bonds is 2. The Morgan fingerprint density at radius 1 is 1.14 bits per heavy atom. The van der Waals surface area contributed by atoms with E-state index >= 15 is 0 Å². The highest BCUT2D eigenvalue weighted by atomic mass is 79.9. The van der Waals surface area contributed by atoms with E-state index in [2.05, 4.69) is 44.1 Å². The van der Waals surface area contributed by atoms with Crippen LogP contribution >= 0.6 is 15.9 Å². The van der Waals surface area contributed by atoms with Crippen molar-refractivity contribution in [3.63, 3.8) is 0 Å². The molecule has 2 fully saturated rings. The van der Waals surface area contributed by atoms with Gasteiger partial charge in [-0.1, -0.05) is 0 Å². The molecule has 0 saturated carbocycles. The minimum absolute atomic E-state index is 0.0881. The van der Waals surface area contributed by atoms with Crippen molar-refractivity contribution >= 4 is 32.5 Å². The van der Waals surface area contributed by atoms with E-state index in [1.807, 2.05) is 4.68 Å². The van der Waals surface area contributed by atoms with Gasteiger partial charge < -0.3 is 9.64 Å². The lowest BCUT2D eigenvalue weighted by atomic mass is 10.2. The van der Waals surface area contributed by atoms with Gasteiger partial charge in [-0.3, -0.25) is 0 Å². The SMILES string of the molecule is Brc1nn(C2CCCCO2)c2ccc(N3CCCC3)cc12. The summed E-state index contributed by atoms with van der Waals surface area (Å²) in [5.74, 6) is 0. The van der Waals surface area contributed by atoms with Gasteiger partial charge in [-0.05, 0) is 66.2 Å². The zero-order valence-electron chi connectivity index (χ0n) is 12.1. The Balaban J connectivity index is 1.73. The quantitative estimate of drug-likeness (QED) is 0.817. The van der Waals surface area contributed by atoms with Crippen LogP contribution in [-0.2, 0) is 4.74 Å². The third kappa shape index (κ3) is 2.46. The van der Waals surface area contributed by atoms with Gasteiger partial charge in [0.1, 0.15) is 4.60 Å². The monoisotopic (exact) mass is 349 g/mol. The topological polar surface area (TPSA) is 30.3 Å². The molecule has 1 aromatic carbocycles. The first-order valence-corrected chi connectivity index (χ1v) is 8.66. The van der Waals surface area contributed by atoms with Crippen LogP contribution in [-0.4, -0.2) is 29.5 Å². The molecule has 1 aromatic heterocycles. The van der Waals surface area contributed by atoms with E-state index in [-0.39, 0.29) is 6.23 Å². The number of fused-ring (bicyclic) bond motifs is 1. The second kappa shape index (κ2) is 5.61. The zero-order chi connectivity index (χ0) is 14.2. The van der Waals surface area contributed by atoms with Crippen molar-refractivity contribution in [2.24, 2.45) is 0 Å². The molecule has 0 spiro atoms. The molecule has 5 heteroatoms. The Hall–Kier alpha value is -1.07. The van der Waals surface area contributed by atoms with Gasteiger partial charge in [-0.25, -0.2) is 4.68 Å². The molecule has 112 valence electrons. The fourth-order valence-corrected chi connectivity index (χ4v) is 3.89. The van der Waals surface area contributed by atoms with Gasteiger partial charge in [0.2, 0.25) is 0 Å². The van der Waals surface area contributed by atoms with Crippen molar-refractivity contribution < 1.29 is 4.74 Å². The molecule has 4 rings (SSSR count). The Bertz CT molecular complexity index is 642. The number of anilines is 1. The summed E-state index contributed by atoms with van der Waals surface area (Å²) in [4.78, 5) is 2.46. The molecule has 0 aliphatic carbocycles. The Labute approximate surface area is 133 Å². The molecule has 1 unspecified atom stereocenters. The third-order valence-electron chi connectivity index (χ3n) is 4.54. The van der Waals surface area contributed by atoms with Crippen molar-refractivity contribution in [2.45, 2.75) is 38.3 Å². The largest absolute Gasteiger partial charge is 0.372 e. The maximum Gasteiger partial charge on any atom is 0.150 e. The van der Waals surface area contributed by atoms with Crippen LogP contribution in [0.2, 0.25) is 0 Å². The van der Waals surface area contributed by atoms with Crippen LogP contribution in [0.5, 0.6) is 0 Å². The molecule has 2 aromatic rings. The summed E-state index contributed by atoms with van der Waals surface area (Å²) in [6, 6.07) is 6.68. The summed E-state index contributed by atoms with van der Waals surface area (Å²) in [5, 5.41) is 5.86. The number of hydrogen-bond acceptors (Lipinski definition) is 3. The van der Waals surface area contributed by atoms with Crippen LogP contribution in [0.3, 0.4) is 0 Å². The molecule has 21 heavy (non-hydrogen) atoms. The molecule has 0 N–H and O–H groups in total. The van der Waals surface area contributed by atoms with Crippen molar-refractivity contribution in [3.05, 3.63) is 22.8 Å². The van der Waals surface area contributed by atoms with E-state index in [1.165, 1.54) is 43.4 Å². The highest BCUT2D eigenvalue weighted by Crippen LogP contribution is 2.33. The van der Waals surface area contributed by atoms with Crippen LogP contribution in [0, 0.1) is 0 Å². The van der Waals surface area contributed by atoms with Gasteiger partial charge in [-0.2, -0.15) is 5.10 Å². The number of halogens is 1. The lowest BCUT2D eigenvalue weighted by Crippen LogP contribution is -2.19. The second-order valence-corrected chi connectivity index (χ2v) is 6.70. The Morgan fingerprint density at radius 2 is 2.00 bits per heavy atom. The summed E-state index contributed by atoms with van der Waals surface area (Å²) >= 11 is 3.62.